The van der Waals surface area contributed by atoms with Crippen molar-refractivity contribution >= 4 is 19.1 Å². The van der Waals surface area contributed by atoms with Crippen LogP contribution >= 0.6 is 7.80 Å². The summed E-state index contributed by atoms with van der Waals surface area (Å²) in [7, 11) is 4.35. The molecule has 0 aliphatic rings. The Morgan fingerprint density at radius 2 is 1.23 bits per heavy atom. The van der Waals surface area contributed by atoms with Gasteiger partial charge in [0.25, 0.3) is 0 Å². The molecule has 0 aliphatic heterocycles. The normalized spacial score (nSPS) is 11.9. The predicted molar refractivity (Wildman–Crippen MR) is 111 cm³/mol. The zero-order valence-corrected chi connectivity index (χ0v) is 18.6. The van der Waals surface area contributed by atoms with Gasteiger partial charge in [-0.1, -0.05) is 10.6 Å². The van der Waals surface area contributed by atoms with Crippen molar-refractivity contribution in [3.05, 3.63) is 41.5 Å². The molecular weight excluding hydrogens is 411 g/mol. The Labute approximate surface area is 175 Å². The van der Waals surface area contributed by atoms with Crippen molar-refractivity contribution in [2.45, 2.75) is 12.6 Å². The third-order valence-corrected chi connectivity index (χ3v) is 6.10. The van der Waals surface area contributed by atoms with E-state index < -0.39 is 24.8 Å². The van der Waals surface area contributed by atoms with Crippen molar-refractivity contribution in [2.75, 3.05) is 35.5 Å². The van der Waals surface area contributed by atoms with Gasteiger partial charge in [-0.3, -0.25) is 4.79 Å². The molecule has 0 saturated carbocycles. The van der Waals surface area contributed by atoms with Crippen LogP contribution in [0.4, 0.5) is 0 Å². The number of carbonyl (C=O) groups is 2. The average Bonchev–Trinajstić information content (AvgIpc) is 2.80. The molecule has 0 aliphatic carbocycles. The molecule has 0 bridgehead atoms. The number of methoxy groups -OCH3 is 5. The van der Waals surface area contributed by atoms with Crippen molar-refractivity contribution in [1.29, 1.82) is 0 Å². The molecule has 0 N–H and O–H groups in total. The summed E-state index contributed by atoms with van der Waals surface area (Å²) in [5.74, 6) is 0.660. The zero-order valence-electron chi connectivity index (χ0n) is 17.7. The van der Waals surface area contributed by atoms with Crippen LogP contribution in [0.15, 0.2) is 30.3 Å². The van der Waals surface area contributed by atoms with E-state index in [9.17, 15) is 14.2 Å². The first-order valence-electron chi connectivity index (χ1n) is 8.90. The molecule has 0 heterocycles. The van der Waals surface area contributed by atoms with Gasteiger partial charge in [0.05, 0.1) is 35.5 Å². The first-order chi connectivity index (χ1) is 14.3. The highest BCUT2D eigenvalue weighted by Gasteiger charge is 2.45. The molecule has 2 unspecified atom stereocenters. The van der Waals surface area contributed by atoms with Crippen molar-refractivity contribution in [2.24, 2.45) is 0 Å². The van der Waals surface area contributed by atoms with Crippen molar-refractivity contribution in [3.8, 4) is 28.7 Å². The van der Waals surface area contributed by atoms with E-state index in [4.69, 9.17) is 23.7 Å². The molecule has 8 nitrogen and oxygen atoms in total. The highest BCUT2D eigenvalue weighted by Crippen LogP contribution is 2.43. The van der Waals surface area contributed by atoms with E-state index in [1.54, 1.807) is 18.2 Å². The molecule has 0 saturated heterocycles. The fourth-order valence-electron chi connectivity index (χ4n) is 2.91. The second-order valence-corrected chi connectivity index (χ2v) is 7.95. The van der Waals surface area contributed by atoms with Gasteiger partial charge in [-0.2, -0.15) is 0 Å². The summed E-state index contributed by atoms with van der Waals surface area (Å²) in [4.78, 5) is 26.2. The molecule has 2 aromatic rings. The van der Waals surface area contributed by atoms with Crippen LogP contribution in [0.5, 0.6) is 28.7 Å². The molecule has 0 spiro atoms. The lowest BCUT2D eigenvalue weighted by Gasteiger charge is -2.14. The highest BCUT2D eigenvalue weighted by atomic mass is 31.1. The number of benzene rings is 2. The maximum atomic E-state index is 13.2. The lowest BCUT2D eigenvalue weighted by atomic mass is 10.1. The van der Waals surface area contributed by atoms with Crippen LogP contribution < -0.4 is 23.7 Å². The Morgan fingerprint density at radius 3 is 1.63 bits per heavy atom. The van der Waals surface area contributed by atoms with Crippen LogP contribution in [-0.2, 0) is 4.57 Å². The van der Waals surface area contributed by atoms with Gasteiger partial charge in [0.2, 0.25) is 11.4 Å². The van der Waals surface area contributed by atoms with E-state index in [-0.39, 0.29) is 34.1 Å². The SMILES string of the molecule is COc1cc(OC)c(C(=O)C(C)[P+](=O)C(=O)c2c(OC)cccc2OC)c(OC)c1. The summed E-state index contributed by atoms with van der Waals surface area (Å²) < 4.78 is 39.3. The molecular formula is C21H24O8P+. The van der Waals surface area contributed by atoms with Gasteiger partial charge in [-0.05, 0) is 19.1 Å². The Balaban J connectivity index is 2.47. The second-order valence-electron chi connectivity index (χ2n) is 6.12. The molecule has 0 radical (unpaired) electrons. The first-order valence-corrected chi connectivity index (χ1v) is 10.2. The summed E-state index contributed by atoms with van der Waals surface area (Å²) in [6, 6.07) is 7.78. The number of Topliss-reactive ketones (excluding diaryl/α,β-unsaturated/α-hetero) is 1. The maximum absolute atomic E-state index is 13.2. The van der Waals surface area contributed by atoms with Gasteiger partial charge < -0.3 is 23.7 Å². The van der Waals surface area contributed by atoms with Crippen LogP contribution in [-0.4, -0.2) is 52.5 Å². The predicted octanol–water partition coefficient (Wildman–Crippen LogP) is 3.97. The first kappa shape index (κ1) is 23.2. The van der Waals surface area contributed by atoms with E-state index in [2.05, 4.69) is 0 Å². The Morgan fingerprint density at radius 1 is 0.767 bits per heavy atom. The van der Waals surface area contributed by atoms with Gasteiger partial charge in [0.15, 0.2) is 5.56 Å². The minimum absolute atomic E-state index is 0.0249. The topological polar surface area (TPSA) is 97.4 Å². The smallest absolute Gasteiger partial charge is 0.431 e. The van der Waals surface area contributed by atoms with Gasteiger partial charge >= 0.3 is 13.3 Å². The van der Waals surface area contributed by atoms with Crippen LogP contribution in [0, 0.1) is 0 Å². The zero-order chi connectivity index (χ0) is 22.4. The Bertz CT molecular complexity index is 922. The summed E-state index contributed by atoms with van der Waals surface area (Å²) in [5.41, 5.74) is -1.79. The molecule has 2 atom stereocenters. The van der Waals surface area contributed by atoms with Crippen LogP contribution in [0.1, 0.15) is 27.6 Å². The van der Waals surface area contributed by atoms with E-state index in [0.717, 1.165) is 0 Å². The second kappa shape index (κ2) is 10.1. The fourth-order valence-corrected chi connectivity index (χ4v) is 4.05. The third-order valence-electron chi connectivity index (χ3n) is 4.53. The van der Waals surface area contributed by atoms with Crippen LogP contribution in [0.2, 0.25) is 0 Å². The molecule has 0 aromatic heterocycles. The Hall–Kier alpha value is -3.12. The largest absolute Gasteiger partial charge is 0.496 e. The molecule has 2 aromatic carbocycles. The summed E-state index contributed by atoms with van der Waals surface area (Å²) in [6.45, 7) is 1.42. The fraction of sp³-hybridized carbons (Fsp3) is 0.333. The number of ether oxygens (including phenoxy) is 5. The van der Waals surface area contributed by atoms with Crippen molar-refractivity contribution in [1.82, 2.24) is 0 Å². The average molecular weight is 435 g/mol. The number of hydrogen-bond donors (Lipinski definition) is 0. The lowest BCUT2D eigenvalue weighted by molar-refractivity contribution is 0.0976. The quantitative estimate of drug-likeness (QED) is 0.409. The number of ketones is 1. The number of hydrogen-bond acceptors (Lipinski definition) is 8. The van der Waals surface area contributed by atoms with E-state index in [1.165, 1.54) is 54.6 Å². The van der Waals surface area contributed by atoms with Crippen LogP contribution in [0.25, 0.3) is 0 Å². The molecule has 0 amide bonds. The maximum Gasteiger partial charge on any atom is 0.431 e. The van der Waals surface area contributed by atoms with Crippen LogP contribution in [0.3, 0.4) is 0 Å². The van der Waals surface area contributed by atoms with Gasteiger partial charge in [0, 0.05) is 12.1 Å². The van der Waals surface area contributed by atoms with E-state index in [1.807, 2.05) is 0 Å². The molecule has 160 valence electrons. The molecule has 2 rings (SSSR count). The van der Waals surface area contributed by atoms with E-state index >= 15 is 0 Å². The standard InChI is InChI=1S/C21H24O8P/c1-12(20(22)18-16(28-5)10-13(25-2)11-17(18)29-6)30(24)21(23)19-14(26-3)8-7-9-15(19)27-4/h7-12H,1-6H3/q+1. The summed E-state index contributed by atoms with van der Waals surface area (Å²) >= 11 is 0. The summed E-state index contributed by atoms with van der Waals surface area (Å²) in [6.07, 6.45) is 0. The minimum atomic E-state index is -2.67. The molecule has 0 fully saturated rings. The van der Waals surface area contributed by atoms with Gasteiger partial charge in [-0.15, -0.1) is 0 Å². The lowest BCUT2D eigenvalue weighted by Crippen LogP contribution is -2.18. The summed E-state index contributed by atoms with van der Waals surface area (Å²) in [5, 5.41) is 0. The molecule has 9 heteroatoms. The monoisotopic (exact) mass is 435 g/mol. The van der Waals surface area contributed by atoms with Crippen molar-refractivity contribution in [3.63, 3.8) is 0 Å². The van der Waals surface area contributed by atoms with Crippen molar-refractivity contribution < 1.29 is 37.8 Å². The highest BCUT2D eigenvalue weighted by molar-refractivity contribution is 7.66. The van der Waals surface area contributed by atoms with Gasteiger partial charge in [0.1, 0.15) is 34.3 Å². The third kappa shape index (κ3) is 4.39. The minimum Gasteiger partial charge on any atom is -0.496 e. The number of rotatable bonds is 10. The number of carbonyl (C=O) groups excluding carboxylic acids is 2. The van der Waals surface area contributed by atoms with Gasteiger partial charge in [-0.25, -0.2) is 4.79 Å². The molecule has 30 heavy (non-hydrogen) atoms. The Kier molecular flexibility index (Phi) is 7.78. The van der Waals surface area contributed by atoms with E-state index in [0.29, 0.717) is 5.75 Å².